The zero-order chi connectivity index (χ0) is 5.11. The van der Waals surface area contributed by atoms with Crippen LogP contribution in [0.3, 0.4) is 0 Å². The van der Waals surface area contributed by atoms with Crippen LogP contribution in [-0.4, -0.2) is 11.2 Å². The Labute approximate surface area is 43.0 Å². The maximum atomic E-state index is 8.72. The van der Waals surface area contributed by atoms with E-state index in [1.54, 1.807) is 12.2 Å². The number of aliphatic hydroxyl groups excluding tert-OH is 1. The lowest BCUT2D eigenvalue weighted by Gasteiger charge is -1.90. The lowest BCUT2D eigenvalue weighted by atomic mass is 10.2. The zero-order valence-corrected chi connectivity index (χ0v) is 3.91. The van der Waals surface area contributed by atoms with Crippen molar-refractivity contribution in [3.63, 3.8) is 0 Å². The van der Waals surface area contributed by atoms with Crippen molar-refractivity contribution in [1.82, 2.24) is 0 Å². The van der Waals surface area contributed by atoms with Crippen molar-refractivity contribution in [2.24, 2.45) is 0 Å². The molecule has 0 atom stereocenters. The molecule has 0 aromatic carbocycles. The van der Waals surface area contributed by atoms with Gasteiger partial charge in [0.15, 0.2) is 6.10 Å². The maximum Gasteiger partial charge on any atom is 0.179 e. The van der Waals surface area contributed by atoms with E-state index in [1.165, 1.54) is 0 Å². The molecule has 0 heterocycles. The van der Waals surface area contributed by atoms with Crippen molar-refractivity contribution < 1.29 is 5.11 Å². The summed E-state index contributed by atoms with van der Waals surface area (Å²) < 4.78 is 0. The minimum Gasteiger partial charge on any atom is -0.362 e. The molecule has 0 fully saturated rings. The van der Waals surface area contributed by atoms with E-state index in [1.807, 2.05) is 18.6 Å². The van der Waals surface area contributed by atoms with Crippen LogP contribution >= 0.6 is 0 Å². The first-order chi connectivity index (χ1) is 3.39. The Balaban J connectivity index is 2.49. The van der Waals surface area contributed by atoms with E-state index in [9.17, 15) is 0 Å². The lowest BCUT2D eigenvalue weighted by Crippen LogP contribution is -1.97. The highest BCUT2D eigenvalue weighted by atomic mass is 16.3. The fourth-order valence-electron chi connectivity index (χ4n) is 0.484. The number of rotatable bonds is 0. The highest BCUT2D eigenvalue weighted by Crippen LogP contribution is 1.97. The van der Waals surface area contributed by atoms with Gasteiger partial charge in [-0.15, -0.1) is 0 Å². The van der Waals surface area contributed by atoms with Crippen LogP contribution in [0.5, 0.6) is 0 Å². The first kappa shape index (κ1) is 4.47. The minimum absolute atomic E-state index is 0.356. The van der Waals surface area contributed by atoms with Gasteiger partial charge in [0.05, 0.1) is 0 Å². The van der Waals surface area contributed by atoms with E-state index < -0.39 is 0 Å². The third-order valence-electron chi connectivity index (χ3n) is 0.839. The molecule has 1 heteroatoms. The molecular formula is C6H7O+. The van der Waals surface area contributed by atoms with Crippen LogP contribution in [-0.2, 0) is 0 Å². The van der Waals surface area contributed by atoms with Crippen LogP contribution in [0.25, 0.3) is 0 Å². The van der Waals surface area contributed by atoms with Crippen LogP contribution in [0.4, 0.5) is 0 Å². The quantitative estimate of drug-likeness (QED) is 0.438. The van der Waals surface area contributed by atoms with Gasteiger partial charge in [-0.1, -0.05) is 0 Å². The molecule has 36 valence electrons. The molecule has 0 aromatic rings. The van der Waals surface area contributed by atoms with E-state index in [-0.39, 0.29) is 6.10 Å². The predicted octanol–water partition coefficient (Wildman–Crippen LogP) is 0.678. The highest BCUT2D eigenvalue weighted by molar-refractivity contribution is 5.19. The molecule has 0 saturated heterocycles. The van der Waals surface area contributed by atoms with Crippen LogP contribution < -0.4 is 0 Å². The van der Waals surface area contributed by atoms with Crippen LogP contribution in [0.2, 0.25) is 0 Å². The summed E-state index contributed by atoms with van der Waals surface area (Å²) in [4.78, 5) is 0. The summed E-state index contributed by atoms with van der Waals surface area (Å²) in [6.45, 7) is 0. The van der Waals surface area contributed by atoms with E-state index in [4.69, 9.17) is 5.11 Å². The maximum absolute atomic E-state index is 8.72. The molecule has 0 radical (unpaired) electrons. The predicted molar refractivity (Wildman–Crippen MR) is 28.6 cm³/mol. The van der Waals surface area contributed by atoms with Crippen LogP contribution in [0.15, 0.2) is 24.3 Å². The summed E-state index contributed by atoms with van der Waals surface area (Å²) in [5.74, 6) is 0. The molecule has 0 unspecified atom stereocenters. The average Bonchev–Trinajstić information content (AvgIpc) is 1.69. The molecule has 1 aliphatic rings. The standard InChI is InChI=1S/C6H7O/c7-6-4-2-1-3-5-6/h1-7H/q+1. The van der Waals surface area contributed by atoms with Gasteiger partial charge >= 0.3 is 0 Å². The molecule has 1 rings (SSSR count). The Kier molecular flexibility index (Phi) is 1.18. The van der Waals surface area contributed by atoms with Crippen molar-refractivity contribution in [3.8, 4) is 0 Å². The van der Waals surface area contributed by atoms with E-state index >= 15 is 0 Å². The lowest BCUT2D eigenvalue weighted by molar-refractivity contribution is 0.270. The molecule has 1 N–H and O–H groups in total. The number of hydrogen-bond donors (Lipinski definition) is 1. The zero-order valence-electron chi connectivity index (χ0n) is 3.91. The van der Waals surface area contributed by atoms with E-state index in [0.29, 0.717) is 0 Å². The Morgan fingerprint density at radius 2 is 1.86 bits per heavy atom. The number of aliphatic hydroxyl groups is 1. The van der Waals surface area contributed by atoms with Gasteiger partial charge in [0, 0.05) is 30.7 Å². The first-order valence-corrected chi connectivity index (χ1v) is 2.26. The fraction of sp³-hybridized carbons (Fsp3) is 0.167. The molecule has 7 heavy (non-hydrogen) atoms. The van der Waals surface area contributed by atoms with Gasteiger partial charge in [0.25, 0.3) is 0 Å². The van der Waals surface area contributed by atoms with Gasteiger partial charge in [-0.25, -0.2) is 0 Å². The molecule has 0 spiro atoms. The van der Waals surface area contributed by atoms with Crippen molar-refractivity contribution in [2.45, 2.75) is 6.10 Å². The van der Waals surface area contributed by atoms with Gasteiger partial charge < -0.3 is 5.11 Å². The largest absolute Gasteiger partial charge is 0.362 e. The van der Waals surface area contributed by atoms with Crippen LogP contribution in [0, 0.1) is 6.42 Å². The molecule has 0 aromatic heterocycles. The van der Waals surface area contributed by atoms with Crippen molar-refractivity contribution in [3.05, 3.63) is 30.7 Å². The smallest absolute Gasteiger partial charge is 0.179 e. The molecule has 0 aliphatic heterocycles. The average molecular weight is 95.1 g/mol. The first-order valence-electron chi connectivity index (χ1n) is 2.26. The molecule has 0 bridgehead atoms. The Hall–Kier alpha value is -0.690. The molecular weight excluding hydrogens is 88.1 g/mol. The topological polar surface area (TPSA) is 20.2 Å². The molecule has 0 amide bonds. The summed E-state index contributed by atoms with van der Waals surface area (Å²) in [5.41, 5.74) is 0. The van der Waals surface area contributed by atoms with Crippen molar-refractivity contribution in [2.75, 3.05) is 0 Å². The highest BCUT2D eigenvalue weighted by Gasteiger charge is 2.01. The van der Waals surface area contributed by atoms with Gasteiger partial charge in [0.2, 0.25) is 0 Å². The van der Waals surface area contributed by atoms with Gasteiger partial charge in [-0.05, 0) is 0 Å². The van der Waals surface area contributed by atoms with Gasteiger partial charge in [-0.2, -0.15) is 0 Å². The second-order valence-corrected chi connectivity index (χ2v) is 1.45. The molecule has 0 saturated carbocycles. The monoisotopic (exact) mass is 95.0 g/mol. The fourth-order valence-corrected chi connectivity index (χ4v) is 0.484. The molecule has 1 nitrogen and oxygen atoms in total. The Morgan fingerprint density at radius 1 is 1.29 bits per heavy atom. The van der Waals surface area contributed by atoms with E-state index in [2.05, 4.69) is 0 Å². The second kappa shape index (κ2) is 1.85. The third kappa shape index (κ3) is 1.09. The van der Waals surface area contributed by atoms with Crippen molar-refractivity contribution >= 4 is 0 Å². The summed E-state index contributed by atoms with van der Waals surface area (Å²) in [6, 6.07) is 0. The van der Waals surface area contributed by atoms with Crippen molar-refractivity contribution in [1.29, 1.82) is 0 Å². The molecule has 1 aliphatic carbocycles. The van der Waals surface area contributed by atoms with Gasteiger partial charge in [0.1, 0.15) is 0 Å². The Morgan fingerprint density at radius 3 is 2.14 bits per heavy atom. The number of allylic oxidation sites excluding steroid dienone is 2. The summed E-state index contributed by atoms with van der Waals surface area (Å²) in [5, 5.41) is 8.72. The Bertz CT molecular complexity index is 90.7. The summed E-state index contributed by atoms with van der Waals surface area (Å²) in [6.07, 6.45) is 8.62. The van der Waals surface area contributed by atoms with Gasteiger partial charge in [-0.3, -0.25) is 0 Å². The summed E-state index contributed by atoms with van der Waals surface area (Å²) >= 11 is 0. The summed E-state index contributed by atoms with van der Waals surface area (Å²) in [7, 11) is 0. The SMILES string of the molecule is OC1C=C[CH+]C=C1. The number of hydrogen-bond acceptors (Lipinski definition) is 1. The second-order valence-electron chi connectivity index (χ2n) is 1.45. The normalized spacial score (nSPS) is 19.6. The third-order valence-corrected chi connectivity index (χ3v) is 0.839. The van der Waals surface area contributed by atoms with E-state index in [0.717, 1.165) is 0 Å². The van der Waals surface area contributed by atoms with Crippen LogP contribution in [0.1, 0.15) is 0 Å². The minimum atomic E-state index is -0.356.